The van der Waals surface area contributed by atoms with Gasteiger partial charge < -0.3 is 9.47 Å². The van der Waals surface area contributed by atoms with E-state index in [0.717, 1.165) is 24.3 Å². The highest BCUT2D eigenvalue weighted by atomic mass is 32.2. The van der Waals surface area contributed by atoms with Crippen molar-refractivity contribution in [3.8, 4) is 5.75 Å². The largest absolute Gasteiger partial charge is 0.498 e. The lowest BCUT2D eigenvalue weighted by atomic mass is 10.0. The molecular formula is C17H16N2O9S. The summed E-state index contributed by atoms with van der Waals surface area (Å²) in [5.41, 5.74) is -1.51. The summed E-state index contributed by atoms with van der Waals surface area (Å²) in [6, 6.07) is 6.86. The molecule has 0 aromatic heterocycles. The highest BCUT2D eigenvalue weighted by molar-refractivity contribution is 7.85. The highest BCUT2D eigenvalue weighted by Crippen LogP contribution is 2.33. The Hall–Kier alpha value is -3.51. The van der Waals surface area contributed by atoms with E-state index in [9.17, 15) is 33.2 Å². The van der Waals surface area contributed by atoms with E-state index in [1.165, 1.54) is 18.4 Å². The summed E-state index contributed by atoms with van der Waals surface area (Å²) in [6.07, 6.45) is 0.715. The van der Waals surface area contributed by atoms with Crippen LogP contribution in [0.3, 0.4) is 0 Å². The molecule has 0 heterocycles. The zero-order chi connectivity index (χ0) is 21.6. The average molecular weight is 424 g/mol. The molecule has 1 N–H and O–H groups in total. The van der Waals surface area contributed by atoms with Crippen molar-refractivity contribution in [1.29, 1.82) is 0 Å². The van der Waals surface area contributed by atoms with Crippen molar-refractivity contribution >= 4 is 21.5 Å². The predicted octanol–water partition coefficient (Wildman–Crippen LogP) is 2.88. The van der Waals surface area contributed by atoms with Crippen molar-refractivity contribution in [2.45, 2.75) is 11.3 Å². The molecule has 2 rings (SSSR count). The summed E-state index contributed by atoms with van der Waals surface area (Å²) < 4.78 is 43.2. The molecule has 0 unspecified atom stereocenters. The number of nitrogens with zero attached hydrogens (tertiary/aromatic N) is 2. The van der Waals surface area contributed by atoms with E-state index in [1.807, 2.05) is 0 Å². The summed E-state index contributed by atoms with van der Waals surface area (Å²) in [5.74, 6) is 0.182. The van der Waals surface area contributed by atoms with Crippen LogP contribution >= 0.6 is 0 Å². The number of nitro groups is 2. The van der Waals surface area contributed by atoms with Crippen LogP contribution in [0.2, 0.25) is 0 Å². The molecule has 2 aromatic carbocycles. The van der Waals surface area contributed by atoms with E-state index < -0.39 is 42.7 Å². The van der Waals surface area contributed by atoms with Crippen molar-refractivity contribution in [1.82, 2.24) is 0 Å². The molecule has 0 saturated heterocycles. The maximum Gasteiger partial charge on any atom is 0.294 e. The summed E-state index contributed by atoms with van der Waals surface area (Å²) in [7, 11) is -4.70. The molecule has 2 aromatic rings. The van der Waals surface area contributed by atoms with Crippen LogP contribution in [0.25, 0.3) is 0 Å². The summed E-state index contributed by atoms with van der Waals surface area (Å²) >= 11 is 0. The van der Waals surface area contributed by atoms with Crippen LogP contribution in [0.4, 0.5) is 11.4 Å². The number of hydrogen-bond donors (Lipinski definition) is 1. The molecule has 154 valence electrons. The normalized spacial score (nSPS) is 10.9. The third kappa shape index (κ3) is 5.49. The van der Waals surface area contributed by atoms with Gasteiger partial charge in [0.05, 0.1) is 21.0 Å². The Morgan fingerprint density at radius 3 is 2.21 bits per heavy atom. The van der Waals surface area contributed by atoms with Gasteiger partial charge >= 0.3 is 0 Å². The number of hydrogen-bond acceptors (Lipinski definition) is 8. The Kier molecular flexibility index (Phi) is 6.85. The Bertz CT molecular complexity index is 1020. The van der Waals surface area contributed by atoms with Crippen molar-refractivity contribution in [3.05, 3.63) is 80.6 Å². The minimum Gasteiger partial charge on any atom is -0.498 e. The fourth-order valence-electron chi connectivity index (χ4n) is 2.60. The van der Waals surface area contributed by atoms with E-state index in [2.05, 4.69) is 6.58 Å². The van der Waals surface area contributed by atoms with E-state index in [0.29, 0.717) is 0 Å². The first-order chi connectivity index (χ1) is 13.6. The van der Waals surface area contributed by atoms with Crippen molar-refractivity contribution in [2.75, 3.05) is 13.2 Å². The third-order valence-corrected chi connectivity index (χ3v) is 4.74. The highest BCUT2D eigenvalue weighted by Gasteiger charge is 2.27. The van der Waals surface area contributed by atoms with Crippen LogP contribution < -0.4 is 4.74 Å². The quantitative estimate of drug-likeness (QED) is 0.199. The van der Waals surface area contributed by atoms with Crippen LogP contribution in [0.15, 0.2) is 54.1 Å². The van der Waals surface area contributed by atoms with Gasteiger partial charge in [0.1, 0.15) is 24.5 Å². The maximum atomic E-state index is 11.7. The number of ether oxygens (including phenoxy) is 2. The van der Waals surface area contributed by atoms with E-state index in [-0.39, 0.29) is 30.1 Å². The molecule has 0 aliphatic heterocycles. The minimum absolute atomic E-state index is 0.0856. The van der Waals surface area contributed by atoms with Crippen LogP contribution in [0.5, 0.6) is 5.75 Å². The van der Waals surface area contributed by atoms with Gasteiger partial charge in [0.25, 0.3) is 21.5 Å². The molecular weight excluding hydrogens is 408 g/mol. The first kappa shape index (κ1) is 21.8. The summed E-state index contributed by atoms with van der Waals surface area (Å²) in [5, 5.41) is 22.6. The molecule has 0 amide bonds. The van der Waals surface area contributed by atoms with Gasteiger partial charge in [0.15, 0.2) is 0 Å². The predicted molar refractivity (Wildman–Crippen MR) is 100 cm³/mol. The van der Waals surface area contributed by atoms with Crippen LogP contribution in [0, 0.1) is 20.2 Å². The fourth-order valence-corrected chi connectivity index (χ4v) is 3.31. The number of benzene rings is 2. The molecule has 0 radical (unpaired) electrons. The Morgan fingerprint density at radius 1 is 1.07 bits per heavy atom. The second-order valence-corrected chi connectivity index (χ2v) is 6.99. The second-order valence-electron chi connectivity index (χ2n) is 5.60. The molecule has 0 atom stereocenters. The molecule has 29 heavy (non-hydrogen) atoms. The van der Waals surface area contributed by atoms with E-state index in [4.69, 9.17) is 9.47 Å². The van der Waals surface area contributed by atoms with E-state index in [1.54, 1.807) is 0 Å². The second kappa shape index (κ2) is 9.12. The molecule has 0 spiro atoms. The molecule has 0 saturated carbocycles. The van der Waals surface area contributed by atoms with Gasteiger partial charge in [-0.15, -0.1) is 0 Å². The van der Waals surface area contributed by atoms with Gasteiger partial charge in [-0.25, -0.2) is 0 Å². The van der Waals surface area contributed by atoms with Crippen molar-refractivity contribution in [2.24, 2.45) is 0 Å². The molecule has 0 bridgehead atoms. The number of rotatable bonds is 10. The SMILES string of the molecule is C=COCCOc1ccc(S(=O)(=O)O)c(Cc2c([N+](=O)[O-])cccc2[N+](=O)[O-])c1. The standard InChI is InChI=1S/C17H16N2O9S/c1-2-27-8-9-28-13-6-7-17(29(24,25)26)12(10-13)11-14-15(18(20)21)4-3-5-16(14)19(22)23/h2-7,10H,1,8-9,11H2,(H,24,25,26). The first-order valence-electron chi connectivity index (χ1n) is 8.01. The Morgan fingerprint density at radius 2 is 1.69 bits per heavy atom. The fraction of sp³-hybridized carbons (Fsp3) is 0.176. The molecule has 11 nitrogen and oxygen atoms in total. The molecule has 0 aliphatic carbocycles. The van der Waals surface area contributed by atoms with Crippen LogP contribution in [-0.4, -0.2) is 36.0 Å². The summed E-state index contributed by atoms with van der Waals surface area (Å²) in [4.78, 5) is 20.5. The average Bonchev–Trinajstić information content (AvgIpc) is 2.64. The van der Waals surface area contributed by atoms with Gasteiger partial charge in [-0.3, -0.25) is 24.8 Å². The smallest absolute Gasteiger partial charge is 0.294 e. The lowest BCUT2D eigenvalue weighted by Gasteiger charge is -2.12. The maximum absolute atomic E-state index is 11.7. The van der Waals surface area contributed by atoms with Crippen molar-refractivity contribution in [3.63, 3.8) is 0 Å². The third-order valence-electron chi connectivity index (χ3n) is 3.78. The van der Waals surface area contributed by atoms with Gasteiger partial charge in [0, 0.05) is 18.6 Å². The number of nitro benzene ring substituents is 2. The zero-order valence-electron chi connectivity index (χ0n) is 14.9. The van der Waals surface area contributed by atoms with Gasteiger partial charge in [0.2, 0.25) is 0 Å². The minimum atomic E-state index is -4.70. The van der Waals surface area contributed by atoms with E-state index >= 15 is 0 Å². The zero-order valence-corrected chi connectivity index (χ0v) is 15.7. The molecule has 0 fully saturated rings. The lowest BCUT2D eigenvalue weighted by Crippen LogP contribution is -2.08. The Balaban J connectivity index is 2.54. The Labute approximate surface area is 165 Å². The molecule has 0 aliphatic rings. The van der Waals surface area contributed by atoms with Crippen molar-refractivity contribution < 1.29 is 32.3 Å². The monoisotopic (exact) mass is 424 g/mol. The van der Waals surface area contributed by atoms with Crippen LogP contribution in [-0.2, 0) is 21.3 Å². The first-order valence-corrected chi connectivity index (χ1v) is 9.45. The lowest BCUT2D eigenvalue weighted by molar-refractivity contribution is -0.395. The van der Waals surface area contributed by atoms with Crippen LogP contribution in [0.1, 0.15) is 11.1 Å². The molecule has 12 heteroatoms. The van der Waals surface area contributed by atoms with Gasteiger partial charge in [-0.1, -0.05) is 6.58 Å². The van der Waals surface area contributed by atoms with Gasteiger partial charge in [-0.05, 0) is 29.8 Å². The topological polar surface area (TPSA) is 159 Å². The summed E-state index contributed by atoms with van der Waals surface area (Å²) in [6.45, 7) is 3.61. The van der Waals surface area contributed by atoms with Gasteiger partial charge in [-0.2, -0.15) is 8.42 Å².